The number of methoxy groups -OCH3 is 2. The summed E-state index contributed by atoms with van der Waals surface area (Å²) >= 11 is 0. The molecule has 34 heavy (non-hydrogen) atoms. The van der Waals surface area contributed by atoms with E-state index >= 15 is 0 Å². The summed E-state index contributed by atoms with van der Waals surface area (Å²) < 4.78 is 43.6. The number of amides is 1. The van der Waals surface area contributed by atoms with Gasteiger partial charge in [0.05, 0.1) is 38.4 Å². The third kappa shape index (κ3) is 5.37. The van der Waals surface area contributed by atoms with E-state index in [4.69, 9.17) is 14.2 Å². The summed E-state index contributed by atoms with van der Waals surface area (Å²) in [7, 11) is -0.427. The van der Waals surface area contributed by atoms with Crippen molar-refractivity contribution in [2.75, 3.05) is 40.5 Å². The molecule has 0 saturated carbocycles. The molecule has 0 unspecified atom stereocenters. The molecular formula is C25H32N2O6S. The number of ether oxygens (including phenoxy) is 3. The van der Waals surface area contributed by atoms with Gasteiger partial charge in [0.25, 0.3) is 0 Å². The molecule has 1 N–H and O–H groups in total. The normalized spacial score (nSPS) is 18.7. The zero-order valence-corrected chi connectivity index (χ0v) is 20.5. The summed E-state index contributed by atoms with van der Waals surface area (Å²) in [5.41, 5.74) is 3.04. The van der Waals surface area contributed by atoms with Crippen molar-refractivity contribution in [1.82, 2.24) is 9.62 Å². The second-order valence-electron chi connectivity index (χ2n) is 8.57. The van der Waals surface area contributed by atoms with Crippen LogP contribution in [0.4, 0.5) is 0 Å². The standard InChI is InChI=1S/C25H32N2O6S/c1-31-20-7-9-22-18(16-20)4-3-5-23(22)26-25(28)11-6-19-17-21(8-10-24(19)32-2)34(29,30)27-12-14-33-15-13-27/h7-10,16-17,23H,3-6,11-15H2,1-2H3,(H,26,28)/t23-/m0/s1. The van der Waals surface area contributed by atoms with E-state index < -0.39 is 10.0 Å². The van der Waals surface area contributed by atoms with Gasteiger partial charge in [0, 0.05) is 19.5 Å². The Morgan fingerprint density at radius 2 is 1.91 bits per heavy atom. The molecule has 0 aromatic heterocycles. The van der Waals surface area contributed by atoms with Crippen LogP contribution in [0.3, 0.4) is 0 Å². The predicted octanol–water partition coefficient (Wildman–Crippen LogP) is 2.85. The fourth-order valence-electron chi connectivity index (χ4n) is 4.63. The Hall–Kier alpha value is -2.62. The van der Waals surface area contributed by atoms with E-state index in [9.17, 15) is 13.2 Å². The monoisotopic (exact) mass is 488 g/mol. The van der Waals surface area contributed by atoms with Gasteiger partial charge in [-0.3, -0.25) is 4.79 Å². The minimum Gasteiger partial charge on any atom is -0.497 e. The van der Waals surface area contributed by atoms with Crippen molar-refractivity contribution in [3.05, 3.63) is 53.1 Å². The van der Waals surface area contributed by atoms with Gasteiger partial charge in [-0.1, -0.05) is 6.07 Å². The maximum Gasteiger partial charge on any atom is 0.243 e. The first-order chi connectivity index (χ1) is 16.4. The lowest BCUT2D eigenvalue weighted by atomic mass is 9.87. The molecule has 1 heterocycles. The lowest BCUT2D eigenvalue weighted by Crippen LogP contribution is -2.40. The first-order valence-electron chi connectivity index (χ1n) is 11.6. The summed E-state index contributed by atoms with van der Waals surface area (Å²) in [4.78, 5) is 13.0. The Labute approximate surface area is 201 Å². The lowest BCUT2D eigenvalue weighted by molar-refractivity contribution is -0.121. The largest absolute Gasteiger partial charge is 0.497 e. The number of fused-ring (bicyclic) bond motifs is 1. The number of benzene rings is 2. The zero-order chi connectivity index (χ0) is 24.1. The van der Waals surface area contributed by atoms with Crippen LogP contribution in [0.2, 0.25) is 0 Å². The van der Waals surface area contributed by atoms with Crippen LogP contribution in [-0.2, 0) is 32.4 Å². The fourth-order valence-corrected chi connectivity index (χ4v) is 6.09. The molecule has 8 nitrogen and oxygen atoms in total. The summed E-state index contributed by atoms with van der Waals surface area (Å²) in [6, 6.07) is 10.8. The maximum atomic E-state index is 13.0. The Bertz CT molecular complexity index is 1130. The molecule has 1 saturated heterocycles. The van der Waals surface area contributed by atoms with Gasteiger partial charge in [-0.15, -0.1) is 0 Å². The quantitative estimate of drug-likeness (QED) is 0.614. The third-order valence-corrected chi connectivity index (χ3v) is 8.38. The Balaban J connectivity index is 1.44. The average molecular weight is 489 g/mol. The molecule has 2 aliphatic rings. The highest BCUT2D eigenvalue weighted by Gasteiger charge is 2.27. The molecule has 4 rings (SSSR count). The molecule has 0 bridgehead atoms. The molecule has 9 heteroatoms. The molecule has 1 aliphatic heterocycles. The molecule has 1 fully saturated rings. The van der Waals surface area contributed by atoms with E-state index in [1.807, 2.05) is 18.2 Å². The molecular weight excluding hydrogens is 456 g/mol. The van der Waals surface area contributed by atoms with Crippen molar-refractivity contribution >= 4 is 15.9 Å². The van der Waals surface area contributed by atoms with E-state index in [2.05, 4.69) is 5.32 Å². The first kappa shape index (κ1) is 24.5. The number of hydrogen-bond acceptors (Lipinski definition) is 6. The van der Waals surface area contributed by atoms with Crippen LogP contribution in [0, 0.1) is 0 Å². The van der Waals surface area contributed by atoms with Gasteiger partial charge >= 0.3 is 0 Å². The van der Waals surface area contributed by atoms with Crippen LogP contribution < -0.4 is 14.8 Å². The van der Waals surface area contributed by atoms with Crippen molar-refractivity contribution in [1.29, 1.82) is 0 Å². The average Bonchev–Trinajstić information content (AvgIpc) is 2.87. The highest BCUT2D eigenvalue weighted by atomic mass is 32.2. The summed E-state index contributed by atoms with van der Waals surface area (Å²) in [5, 5.41) is 3.16. The van der Waals surface area contributed by atoms with Gasteiger partial charge in [-0.05, 0) is 72.7 Å². The number of nitrogens with one attached hydrogen (secondary N) is 1. The third-order valence-electron chi connectivity index (χ3n) is 6.48. The highest BCUT2D eigenvalue weighted by molar-refractivity contribution is 7.89. The van der Waals surface area contributed by atoms with Crippen LogP contribution >= 0.6 is 0 Å². The number of sulfonamides is 1. The zero-order valence-electron chi connectivity index (χ0n) is 19.7. The Morgan fingerprint density at radius 1 is 1.12 bits per heavy atom. The van der Waals surface area contributed by atoms with E-state index in [0.717, 1.165) is 30.6 Å². The lowest BCUT2D eigenvalue weighted by Gasteiger charge is -2.27. The maximum absolute atomic E-state index is 13.0. The number of morpholine rings is 1. The highest BCUT2D eigenvalue weighted by Crippen LogP contribution is 2.32. The molecule has 0 radical (unpaired) electrons. The van der Waals surface area contributed by atoms with Gasteiger partial charge in [-0.25, -0.2) is 8.42 Å². The van der Waals surface area contributed by atoms with E-state index in [0.29, 0.717) is 44.0 Å². The number of carbonyl (C=O) groups is 1. The van der Waals surface area contributed by atoms with Crippen LogP contribution in [0.5, 0.6) is 11.5 Å². The number of nitrogens with zero attached hydrogens (tertiary/aromatic N) is 1. The first-order valence-corrected chi connectivity index (χ1v) is 13.1. The van der Waals surface area contributed by atoms with Gasteiger partial charge < -0.3 is 19.5 Å². The second-order valence-corrected chi connectivity index (χ2v) is 10.5. The topological polar surface area (TPSA) is 94.2 Å². The van der Waals surface area contributed by atoms with Crippen LogP contribution in [0.15, 0.2) is 41.3 Å². The van der Waals surface area contributed by atoms with Gasteiger partial charge in [0.2, 0.25) is 15.9 Å². The second kappa shape index (κ2) is 10.8. The summed E-state index contributed by atoms with van der Waals surface area (Å²) in [5.74, 6) is 1.32. The number of carbonyl (C=O) groups excluding carboxylic acids is 1. The van der Waals surface area contributed by atoms with Gasteiger partial charge in [0.15, 0.2) is 0 Å². The molecule has 2 aromatic carbocycles. The SMILES string of the molecule is COc1ccc2c(c1)CCC[C@@H]2NC(=O)CCc1cc(S(=O)(=O)N2CCOCC2)ccc1OC. The van der Waals surface area contributed by atoms with Gasteiger partial charge in [-0.2, -0.15) is 4.31 Å². The van der Waals surface area contributed by atoms with Gasteiger partial charge in [0.1, 0.15) is 11.5 Å². The fraction of sp³-hybridized carbons (Fsp3) is 0.480. The van der Waals surface area contributed by atoms with Crippen molar-refractivity contribution in [3.8, 4) is 11.5 Å². The molecule has 184 valence electrons. The Kier molecular flexibility index (Phi) is 7.75. The van der Waals surface area contributed by atoms with Crippen LogP contribution in [-0.4, -0.2) is 59.2 Å². The molecule has 1 aliphatic carbocycles. The van der Waals surface area contributed by atoms with E-state index in [1.165, 1.54) is 9.87 Å². The van der Waals surface area contributed by atoms with Crippen molar-refractivity contribution in [3.63, 3.8) is 0 Å². The minimum absolute atomic E-state index is 0.0305. The smallest absolute Gasteiger partial charge is 0.243 e. The predicted molar refractivity (Wildman–Crippen MR) is 128 cm³/mol. The number of aryl methyl sites for hydroxylation is 2. The Morgan fingerprint density at radius 3 is 2.65 bits per heavy atom. The number of hydrogen-bond donors (Lipinski definition) is 1. The van der Waals surface area contributed by atoms with Crippen LogP contribution in [0.1, 0.15) is 42.0 Å². The van der Waals surface area contributed by atoms with Crippen molar-refractivity contribution in [2.24, 2.45) is 0 Å². The molecule has 0 spiro atoms. The number of rotatable bonds is 8. The minimum atomic E-state index is -3.62. The van der Waals surface area contributed by atoms with E-state index in [-0.39, 0.29) is 23.3 Å². The molecule has 1 amide bonds. The van der Waals surface area contributed by atoms with Crippen LogP contribution in [0.25, 0.3) is 0 Å². The molecule has 1 atom stereocenters. The van der Waals surface area contributed by atoms with Crippen molar-refractivity contribution in [2.45, 2.75) is 43.0 Å². The van der Waals surface area contributed by atoms with E-state index in [1.54, 1.807) is 32.4 Å². The summed E-state index contributed by atoms with van der Waals surface area (Å²) in [6.45, 7) is 1.45. The van der Waals surface area contributed by atoms with Crippen molar-refractivity contribution < 1.29 is 27.4 Å². The summed E-state index contributed by atoms with van der Waals surface area (Å²) in [6.07, 6.45) is 3.48. The molecule has 2 aromatic rings.